The molecule has 12 nitrogen and oxygen atoms in total. The molecule has 1 aliphatic heterocycles. The number of carbonyl (C=O) groups is 2. The van der Waals surface area contributed by atoms with Crippen LogP contribution in [0.3, 0.4) is 0 Å². The summed E-state index contributed by atoms with van der Waals surface area (Å²) in [5.74, 6) is -0.136. The van der Waals surface area contributed by atoms with E-state index in [9.17, 15) is 15.1 Å². The molecule has 1 aliphatic rings. The van der Waals surface area contributed by atoms with Crippen molar-refractivity contribution in [3.8, 4) is 5.75 Å². The smallest absolute Gasteiger partial charge is 0.306 e. The van der Waals surface area contributed by atoms with Crippen molar-refractivity contribution >= 4 is 23.5 Å². The standard InChI is InChI=1S/C30H39N5O7/c1-29(2,3)42-25(37)15-16-30(28(38)32-17-7-19-39-4)26(23-9-5-6-10-24(23)34-35-31)41-27(33-30)21-11-13-22(14-12-21)40-20-8-18-36/h5-6,9-14,26,36H,7-8,15-20H2,1-4H3,(H,32,38)/t26-,30-/m0/s1. The van der Waals surface area contributed by atoms with E-state index in [4.69, 9.17) is 29.0 Å². The number of amides is 1. The van der Waals surface area contributed by atoms with Crippen LogP contribution in [0.1, 0.15) is 63.7 Å². The quantitative estimate of drug-likeness (QED) is 0.0990. The van der Waals surface area contributed by atoms with Gasteiger partial charge in [-0.3, -0.25) is 9.59 Å². The van der Waals surface area contributed by atoms with Gasteiger partial charge in [-0.1, -0.05) is 29.4 Å². The maximum atomic E-state index is 14.0. The van der Waals surface area contributed by atoms with Crippen LogP contribution >= 0.6 is 0 Å². The summed E-state index contributed by atoms with van der Waals surface area (Å²) in [5.41, 5.74) is 8.25. The summed E-state index contributed by atoms with van der Waals surface area (Å²) in [4.78, 5) is 34.7. The summed E-state index contributed by atoms with van der Waals surface area (Å²) in [5, 5.41) is 15.8. The Morgan fingerprint density at radius 2 is 1.88 bits per heavy atom. The van der Waals surface area contributed by atoms with Gasteiger partial charge >= 0.3 is 5.97 Å². The van der Waals surface area contributed by atoms with Gasteiger partial charge in [0.05, 0.1) is 6.61 Å². The third-order valence-electron chi connectivity index (χ3n) is 6.34. The Labute approximate surface area is 245 Å². The fourth-order valence-electron chi connectivity index (χ4n) is 4.45. The largest absolute Gasteiger partial charge is 0.494 e. The lowest BCUT2D eigenvalue weighted by Gasteiger charge is -2.31. The van der Waals surface area contributed by atoms with E-state index in [0.717, 1.165) is 0 Å². The van der Waals surface area contributed by atoms with Crippen molar-refractivity contribution in [3.05, 3.63) is 70.1 Å². The number of ether oxygens (including phenoxy) is 4. The van der Waals surface area contributed by atoms with Gasteiger partial charge in [-0.05, 0) is 63.4 Å². The summed E-state index contributed by atoms with van der Waals surface area (Å²) < 4.78 is 22.7. The SMILES string of the molecule is COCCCNC(=O)[C@@]1(CCC(=O)OC(C)(C)C)N=C(c2ccc(OCCCO)cc2)O[C@H]1c1ccccc1N=[N+]=[N-]. The van der Waals surface area contributed by atoms with Crippen LogP contribution in [0.2, 0.25) is 0 Å². The molecule has 0 spiro atoms. The number of hydrogen-bond donors (Lipinski definition) is 2. The third-order valence-corrected chi connectivity index (χ3v) is 6.34. The van der Waals surface area contributed by atoms with Gasteiger partial charge in [0.2, 0.25) is 5.90 Å². The van der Waals surface area contributed by atoms with Crippen LogP contribution in [-0.2, 0) is 23.8 Å². The summed E-state index contributed by atoms with van der Waals surface area (Å²) in [6, 6.07) is 13.8. The highest BCUT2D eigenvalue weighted by atomic mass is 16.6. The molecule has 0 aromatic heterocycles. The molecule has 0 aliphatic carbocycles. The number of carbonyl (C=O) groups excluding carboxylic acids is 2. The van der Waals surface area contributed by atoms with Crippen molar-refractivity contribution < 1.29 is 33.6 Å². The molecule has 0 saturated carbocycles. The van der Waals surface area contributed by atoms with Crippen LogP contribution in [0.5, 0.6) is 5.75 Å². The van der Waals surface area contributed by atoms with Crippen LogP contribution in [0.15, 0.2) is 58.6 Å². The highest BCUT2D eigenvalue weighted by Gasteiger charge is 2.53. The Morgan fingerprint density at radius 3 is 2.55 bits per heavy atom. The number of aliphatic imine (C=N–C) groups is 1. The lowest BCUT2D eigenvalue weighted by atomic mass is 9.82. The van der Waals surface area contributed by atoms with Crippen molar-refractivity contribution in [2.75, 3.05) is 33.5 Å². The van der Waals surface area contributed by atoms with Crippen molar-refractivity contribution in [3.63, 3.8) is 0 Å². The first-order valence-electron chi connectivity index (χ1n) is 13.9. The molecule has 0 saturated heterocycles. The summed E-state index contributed by atoms with van der Waals surface area (Å²) in [6.07, 6.45) is -0.0809. The number of hydrogen-bond acceptors (Lipinski definition) is 9. The Balaban J connectivity index is 2.07. The number of esters is 1. The van der Waals surface area contributed by atoms with Gasteiger partial charge in [-0.2, -0.15) is 0 Å². The van der Waals surface area contributed by atoms with Crippen molar-refractivity contribution in [1.29, 1.82) is 0 Å². The molecule has 0 bridgehead atoms. The maximum absolute atomic E-state index is 14.0. The molecule has 42 heavy (non-hydrogen) atoms. The molecule has 0 fully saturated rings. The van der Waals surface area contributed by atoms with Gasteiger partial charge in [0.25, 0.3) is 5.91 Å². The van der Waals surface area contributed by atoms with E-state index in [-0.39, 0.29) is 31.0 Å². The fourth-order valence-corrected chi connectivity index (χ4v) is 4.45. The molecule has 0 radical (unpaired) electrons. The number of nitrogens with one attached hydrogen (secondary N) is 1. The second kappa shape index (κ2) is 15.2. The number of azide groups is 1. The molecular weight excluding hydrogens is 542 g/mol. The van der Waals surface area contributed by atoms with Gasteiger partial charge in [0.15, 0.2) is 11.6 Å². The minimum absolute atomic E-state index is 0.0281. The first kappa shape index (κ1) is 32.4. The first-order chi connectivity index (χ1) is 20.1. The van der Waals surface area contributed by atoms with Gasteiger partial charge in [-0.25, -0.2) is 4.99 Å². The van der Waals surface area contributed by atoms with Crippen molar-refractivity contribution in [1.82, 2.24) is 5.32 Å². The second-order valence-corrected chi connectivity index (χ2v) is 10.7. The average Bonchev–Trinajstić information content (AvgIpc) is 3.35. The molecule has 2 aromatic carbocycles. The van der Waals surface area contributed by atoms with Crippen LogP contribution in [-0.4, -0.2) is 67.5 Å². The van der Waals surface area contributed by atoms with Crippen molar-refractivity contribution in [2.24, 2.45) is 10.1 Å². The molecule has 3 rings (SSSR count). The van der Waals surface area contributed by atoms with Gasteiger partial charge in [-0.15, -0.1) is 0 Å². The number of rotatable bonds is 15. The zero-order valence-electron chi connectivity index (χ0n) is 24.5. The topological polar surface area (TPSA) is 164 Å². The molecule has 2 aromatic rings. The number of aliphatic hydroxyl groups is 1. The predicted octanol–water partition coefficient (Wildman–Crippen LogP) is 4.92. The first-order valence-corrected chi connectivity index (χ1v) is 13.9. The summed E-state index contributed by atoms with van der Waals surface area (Å²) in [7, 11) is 1.58. The lowest BCUT2D eigenvalue weighted by Crippen LogP contribution is -2.49. The Kier molecular flexibility index (Phi) is 11.7. The molecule has 12 heteroatoms. The highest BCUT2D eigenvalue weighted by Crippen LogP contribution is 2.46. The minimum atomic E-state index is -1.59. The van der Waals surface area contributed by atoms with Gasteiger partial charge < -0.3 is 29.4 Å². The number of benzene rings is 2. The monoisotopic (exact) mass is 581 g/mol. The predicted molar refractivity (Wildman–Crippen MR) is 157 cm³/mol. The van der Waals surface area contributed by atoms with E-state index >= 15 is 0 Å². The molecule has 226 valence electrons. The number of nitrogens with zero attached hydrogens (tertiary/aromatic N) is 4. The molecule has 0 unspecified atom stereocenters. The number of methoxy groups -OCH3 is 1. The van der Waals surface area contributed by atoms with E-state index in [1.165, 1.54) is 0 Å². The van der Waals surface area contributed by atoms with Crippen LogP contribution in [0.25, 0.3) is 10.4 Å². The van der Waals surface area contributed by atoms with E-state index in [2.05, 4.69) is 15.3 Å². The normalized spacial score (nSPS) is 17.9. The molecule has 1 heterocycles. The van der Waals surface area contributed by atoms with E-state index in [1.807, 2.05) is 0 Å². The van der Waals surface area contributed by atoms with Crippen molar-refractivity contribution in [2.45, 2.75) is 63.7 Å². The average molecular weight is 582 g/mol. The molecular formula is C30H39N5O7. The fraction of sp³-hybridized carbons (Fsp3) is 0.500. The van der Waals surface area contributed by atoms with Crippen LogP contribution in [0.4, 0.5) is 5.69 Å². The van der Waals surface area contributed by atoms with Crippen LogP contribution in [0, 0.1) is 0 Å². The van der Waals surface area contributed by atoms with E-state index < -0.39 is 29.1 Å². The van der Waals surface area contributed by atoms with E-state index in [0.29, 0.717) is 49.5 Å². The van der Waals surface area contributed by atoms with E-state index in [1.54, 1.807) is 76.4 Å². The number of aliphatic hydroxyl groups excluding tert-OH is 1. The van der Waals surface area contributed by atoms with Crippen LogP contribution < -0.4 is 10.1 Å². The molecule has 1 amide bonds. The van der Waals surface area contributed by atoms with Gasteiger partial charge in [0, 0.05) is 61.4 Å². The lowest BCUT2D eigenvalue weighted by molar-refractivity contribution is -0.155. The summed E-state index contributed by atoms with van der Waals surface area (Å²) >= 11 is 0. The zero-order chi connectivity index (χ0) is 30.6. The maximum Gasteiger partial charge on any atom is 0.306 e. The zero-order valence-corrected chi connectivity index (χ0v) is 24.5. The Morgan fingerprint density at radius 1 is 1.14 bits per heavy atom. The Hall–Kier alpha value is -4.12. The van der Waals surface area contributed by atoms with Gasteiger partial charge in [0.1, 0.15) is 11.4 Å². The Bertz CT molecular complexity index is 1290. The molecule has 2 atom stereocenters. The summed E-state index contributed by atoms with van der Waals surface area (Å²) in [6.45, 7) is 6.47. The highest BCUT2D eigenvalue weighted by molar-refractivity contribution is 6.01. The minimum Gasteiger partial charge on any atom is -0.494 e. The third kappa shape index (κ3) is 8.69. The second-order valence-electron chi connectivity index (χ2n) is 10.7. The molecule has 2 N–H and O–H groups in total.